The first-order valence-corrected chi connectivity index (χ1v) is 6.05. The van der Waals surface area contributed by atoms with Crippen LogP contribution in [0.25, 0.3) is 0 Å². The predicted molar refractivity (Wildman–Crippen MR) is 67.7 cm³/mol. The highest BCUT2D eigenvalue weighted by atomic mass is 16.4. The van der Waals surface area contributed by atoms with Gasteiger partial charge in [-0.15, -0.1) is 0 Å². The van der Waals surface area contributed by atoms with E-state index < -0.39 is 42.4 Å². The normalized spacial score (nSPS) is 13.1. The number of amides is 2. The van der Waals surface area contributed by atoms with Gasteiger partial charge in [-0.05, 0) is 12.8 Å². The second-order valence-electron chi connectivity index (χ2n) is 4.12. The molecule has 0 fully saturated rings. The highest BCUT2D eigenvalue weighted by molar-refractivity contribution is 5.89. The van der Waals surface area contributed by atoms with Crippen molar-refractivity contribution in [2.45, 2.75) is 38.3 Å². The Bertz CT molecular complexity index is 384. The minimum atomic E-state index is -1.20. The molecular formula is C11H19N3O6. The van der Waals surface area contributed by atoms with Gasteiger partial charge in [0.1, 0.15) is 18.6 Å². The lowest BCUT2D eigenvalue weighted by molar-refractivity contribution is -0.139. The third kappa shape index (κ3) is 7.31. The largest absolute Gasteiger partial charge is 0.480 e. The quantitative estimate of drug-likeness (QED) is 0.337. The molecule has 0 spiro atoms. The first-order chi connectivity index (χ1) is 9.27. The van der Waals surface area contributed by atoms with Crippen molar-refractivity contribution in [2.24, 2.45) is 5.73 Å². The van der Waals surface area contributed by atoms with Crippen LogP contribution in [0.2, 0.25) is 0 Å². The van der Waals surface area contributed by atoms with Gasteiger partial charge in [0.25, 0.3) is 0 Å². The molecule has 0 rings (SSSR count). The maximum Gasteiger partial charge on any atom is 0.322 e. The van der Waals surface area contributed by atoms with Crippen LogP contribution >= 0.6 is 0 Å². The van der Waals surface area contributed by atoms with E-state index in [4.69, 9.17) is 15.9 Å². The lowest BCUT2D eigenvalue weighted by Crippen LogP contribution is -2.47. The molecule has 2 atom stereocenters. The van der Waals surface area contributed by atoms with Gasteiger partial charge in [0.05, 0.1) is 0 Å². The second-order valence-corrected chi connectivity index (χ2v) is 4.12. The molecule has 0 bridgehead atoms. The van der Waals surface area contributed by atoms with Crippen LogP contribution in [-0.4, -0.2) is 52.6 Å². The highest BCUT2D eigenvalue weighted by Crippen LogP contribution is 1.98. The summed E-state index contributed by atoms with van der Waals surface area (Å²) in [6.45, 7) is 1.11. The average Bonchev–Trinajstić information content (AvgIpc) is 2.38. The number of hydrogen-bond donors (Lipinski definition) is 5. The maximum absolute atomic E-state index is 11.6. The third-order valence-corrected chi connectivity index (χ3v) is 2.47. The SMILES string of the molecule is CCC(NC(=O)CC[C@H](N)C(=O)O)C(=O)NCC(=O)O. The van der Waals surface area contributed by atoms with Gasteiger partial charge >= 0.3 is 11.9 Å². The van der Waals surface area contributed by atoms with Crippen molar-refractivity contribution in [1.82, 2.24) is 10.6 Å². The molecule has 6 N–H and O–H groups in total. The first-order valence-electron chi connectivity index (χ1n) is 6.05. The number of carboxylic acids is 2. The molecule has 0 aromatic heterocycles. The predicted octanol–water partition coefficient (Wildman–Crippen LogP) is -1.73. The number of nitrogens with one attached hydrogen (secondary N) is 2. The summed E-state index contributed by atoms with van der Waals surface area (Å²) < 4.78 is 0. The summed E-state index contributed by atoms with van der Waals surface area (Å²) in [5, 5.41) is 21.5. The van der Waals surface area contributed by atoms with Crippen LogP contribution in [-0.2, 0) is 19.2 Å². The maximum atomic E-state index is 11.6. The summed E-state index contributed by atoms with van der Waals surface area (Å²) in [6.07, 6.45) is 0.104. The van der Waals surface area contributed by atoms with E-state index in [0.29, 0.717) is 0 Å². The molecule has 0 aliphatic carbocycles. The van der Waals surface area contributed by atoms with Gasteiger partial charge in [-0.2, -0.15) is 0 Å². The summed E-state index contributed by atoms with van der Waals surface area (Å²) >= 11 is 0. The van der Waals surface area contributed by atoms with Crippen molar-refractivity contribution < 1.29 is 29.4 Å². The van der Waals surface area contributed by atoms with Gasteiger partial charge in [-0.25, -0.2) is 0 Å². The molecule has 9 nitrogen and oxygen atoms in total. The molecule has 0 saturated heterocycles. The molecule has 0 aliphatic heterocycles. The van der Waals surface area contributed by atoms with Crippen LogP contribution < -0.4 is 16.4 Å². The number of aliphatic carboxylic acids is 2. The van der Waals surface area contributed by atoms with Crippen LogP contribution in [0.15, 0.2) is 0 Å². The van der Waals surface area contributed by atoms with Gasteiger partial charge in [0, 0.05) is 6.42 Å². The average molecular weight is 289 g/mol. The van der Waals surface area contributed by atoms with E-state index in [1.807, 2.05) is 0 Å². The van der Waals surface area contributed by atoms with Crippen molar-refractivity contribution in [3.05, 3.63) is 0 Å². The number of nitrogens with two attached hydrogens (primary N) is 1. The van der Waals surface area contributed by atoms with Crippen molar-refractivity contribution >= 4 is 23.8 Å². The van der Waals surface area contributed by atoms with Gasteiger partial charge < -0.3 is 26.6 Å². The molecule has 0 radical (unpaired) electrons. The van der Waals surface area contributed by atoms with E-state index in [0.717, 1.165) is 0 Å². The van der Waals surface area contributed by atoms with Gasteiger partial charge in [-0.3, -0.25) is 19.2 Å². The number of carbonyl (C=O) groups is 4. The molecule has 0 saturated carbocycles. The fourth-order valence-electron chi connectivity index (χ4n) is 1.32. The van der Waals surface area contributed by atoms with Gasteiger partial charge in [0.15, 0.2) is 0 Å². The molecule has 0 aromatic rings. The minimum absolute atomic E-state index is 0.0473. The molecule has 114 valence electrons. The Morgan fingerprint density at radius 1 is 1.20 bits per heavy atom. The van der Waals surface area contributed by atoms with Crippen LogP contribution in [0.5, 0.6) is 0 Å². The Morgan fingerprint density at radius 3 is 2.25 bits per heavy atom. The summed E-state index contributed by atoms with van der Waals surface area (Å²) in [6, 6.07) is -2.00. The Morgan fingerprint density at radius 2 is 1.80 bits per heavy atom. The molecular weight excluding hydrogens is 270 g/mol. The number of hydrogen-bond acceptors (Lipinski definition) is 5. The molecule has 0 heterocycles. The molecule has 0 aliphatic rings. The van der Waals surface area contributed by atoms with Crippen molar-refractivity contribution in [2.75, 3.05) is 6.54 Å². The molecule has 9 heteroatoms. The standard InChI is InChI=1S/C11H19N3O6/c1-2-7(10(18)13-5-9(16)17)14-8(15)4-3-6(12)11(19)20/h6-7H,2-5,12H2,1H3,(H,13,18)(H,14,15)(H,16,17)(H,19,20)/t6-,7?/m0/s1. The van der Waals surface area contributed by atoms with Crippen LogP contribution in [0.3, 0.4) is 0 Å². The Hall–Kier alpha value is -2.16. The van der Waals surface area contributed by atoms with E-state index in [9.17, 15) is 19.2 Å². The van der Waals surface area contributed by atoms with Crippen molar-refractivity contribution in [1.29, 1.82) is 0 Å². The molecule has 2 amide bonds. The number of carbonyl (C=O) groups excluding carboxylic acids is 2. The Labute approximate surface area is 115 Å². The van der Waals surface area contributed by atoms with E-state index in [1.165, 1.54) is 0 Å². The van der Waals surface area contributed by atoms with Crippen molar-refractivity contribution in [3.63, 3.8) is 0 Å². The van der Waals surface area contributed by atoms with Gasteiger partial charge in [0.2, 0.25) is 11.8 Å². The molecule has 1 unspecified atom stereocenters. The molecule has 0 aromatic carbocycles. The van der Waals surface area contributed by atoms with Crippen LogP contribution in [0.1, 0.15) is 26.2 Å². The number of rotatable bonds is 9. The lowest BCUT2D eigenvalue weighted by atomic mass is 10.1. The van der Waals surface area contributed by atoms with E-state index >= 15 is 0 Å². The Balaban J connectivity index is 4.21. The number of carboxylic acid groups (broad SMARTS) is 2. The zero-order valence-corrected chi connectivity index (χ0v) is 11.1. The van der Waals surface area contributed by atoms with E-state index in [2.05, 4.69) is 10.6 Å². The summed E-state index contributed by atoms with van der Waals surface area (Å²) in [5.41, 5.74) is 5.24. The zero-order valence-electron chi connectivity index (χ0n) is 11.1. The minimum Gasteiger partial charge on any atom is -0.480 e. The summed E-state index contributed by atoms with van der Waals surface area (Å²) in [5.74, 6) is -3.51. The van der Waals surface area contributed by atoms with Crippen molar-refractivity contribution in [3.8, 4) is 0 Å². The smallest absolute Gasteiger partial charge is 0.322 e. The third-order valence-electron chi connectivity index (χ3n) is 2.47. The lowest BCUT2D eigenvalue weighted by Gasteiger charge is -2.16. The monoisotopic (exact) mass is 289 g/mol. The highest BCUT2D eigenvalue weighted by Gasteiger charge is 2.20. The summed E-state index contributed by atoms with van der Waals surface area (Å²) in [7, 11) is 0. The van der Waals surface area contributed by atoms with E-state index in [-0.39, 0.29) is 19.3 Å². The topological polar surface area (TPSA) is 159 Å². The summed E-state index contributed by atoms with van der Waals surface area (Å²) in [4.78, 5) is 43.9. The van der Waals surface area contributed by atoms with Crippen LogP contribution in [0, 0.1) is 0 Å². The fraction of sp³-hybridized carbons (Fsp3) is 0.636. The van der Waals surface area contributed by atoms with Crippen LogP contribution in [0.4, 0.5) is 0 Å². The first kappa shape index (κ1) is 17.8. The van der Waals surface area contributed by atoms with E-state index in [1.54, 1.807) is 6.92 Å². The Kier molecular flexibility index (Phi) is 7.90. The molecule has 20 heavy (non-hydrogen) atoms. The van der Waals surface area contributed by atoms with Gasteiger partial charge in [-0.1, -0.05) is 6.92 Å². The fourth-order valence-corrected chi connectivity index (χ4v) is 1.32. The zero-order chi connectivity index (χ0) is 15.7. The second kappa shape index (κ2) is 8.86.